The lowest BCUT2D eigenvalue weighted by molar-refractivity contribution is -0.132. The molecule has 0 bridgehead atoms. The van der Waals surface area contributed by atoms with Crippen LogP contribution < -0.4 is 16.4 Å². The minimum Gasteiger partial charge on any atom is -0.408 e. The molecule has 2 atom stereocenters. The minimum absolute atomic E-state index is 0.290. The summed E-state index contributed by atoms with van der Waals surface area (Å²) in [5.41, 5.74) is 3.68. The van der Waals surface area contributed by atoms with Crippen molar-refractivity contribution in [3.05, 3.63) is 52.8 Å². The average Bonchev–Trinajstić information content (AvgIpc) is 2.96. The summed E-state index contributed by atoms with van der Waals surface area (Å²) in [6.07, 6.45) is 2.26. The molecule has 1 aliphatic rings. The van der Waals surface area contributed by atoms with Crippen molar-refractivity contribution >= 4 is 17.0 Å². The first kappa shape index (κ1) is 20.8. The molecular weight excluding hydrogens is 398 g/mol. The standard InChI is InChI=1S/C22H23N5O4/c1-27-18-9-14(4-6-19(18)31-22(27)29)15-3-5-16(25-12-15)10-17(11-23)26-21(28)20-13-24-7-2-8-30-20/h3-6,9,12,17,20,24H,2,7-8,10,13H2,1H3,(H,26,28)/t17-,20?/m0/s1. The van der Waals surface area contributed by atoms with E-state index < -0.39 is 17.9 Å². The molecule has 0 spiro atoms. The molecule has 1 fully saturated rings. The molecule has 0 saturated carbocycles. The fourth-order valence-corrected chi connectivity index (χ4v) is 3.51. The smallest absolute Gasteiger partial charge is 0.408 e. The summed E-state index contributed by atoms with van der Waals surface area (Å²) in [5, 5.41) is 15.4. The number of rotatable bonds is 5. The maximum atomic E-state index is 12.4. The molecule has 3 aromatic rings. The van der Waals surface area contributed by atoms with Gasteiger partial charge in [0.05, 0.1) is 11.6 Å². The van der Waals surface area contributed by atoms with E-state index in [1.54, 1.807) is 19.3 Å². The van der Waals surface area contributed by atoms with E-state index >= 15 is 0 Å². The van der Waals surface area contributed by atoms with Crippen molar-refractivity contribution in [1.82, 2.24) is 20.2 Å². The minimum atomic E-state index is -0.700. The number of oxazole rings is 1. The van der Waals surface area contributed by atoms with Crippen molar-refractivity contribution in [3.8, 4) is 17.2 Å². The molecule has 1 aromatic carbocycles. The molecule has 160 valence electrons. The van der Waals surface area contributed by atoms with Crippen LogP contribution in [0.5, 0.6) is 0 Å². The molecule has 0 aliphatic carbocycles. The highest BCUT2D eigenvalue weighted by Gasteiger charge is 2.23. The number of hydrogen-bond acceptors (Lipinski definition) is 7. The number of ether oxygens (including phenoxy) is 1. The number of hydrogen-bond donors (Lipinski definition) is 2. The Morgan fingerprint density at radius 2 is 2.23 bits per heavy atom. The quantitative estimate of drug-likeness (QED) is 0.633. The van der Waals surface area contributed by atoms with E-state index in [9.17, 15) is 14.9 Å². The Morgan fingerprint density at radius 1 is 1.39 bits per heavy atom. The molecule has 1 unspecified atom stereocenters. The van der Waals surface area contributed by atoms with Crippen molar-refractivity contribution in [1.29, 1.82) is 5.26 Å². The van der Waals surface area contributed by atoms with Gasteiger partial charge in [-0.05, 0) is 36.7 Å². The van der Waals surface area contributed by atoms with E-state index in [1.807, 2.05) is 24.3 Å². The van der Waals surface area contributed by atoms with Gasteiger partial charge in [-0.3, -0.25) is 14.3 Å². The molecule has 2 aromatic heterocycles. The van der Waals surface area contributed by atoms with Gasteiger partial charge in [0.15, 0.2) is 5.58 Å². The van der Waals surface area contributed by atoms with Crippen molar-refractivity contribution in [2.45, 2.75) is 25.0 Å². The fourth-order valence-electron chi connectivity index (χ4n) is 3.51. The van der Waals surface area contributed by atoms with Gasteiger partial charge in [0.1, 0.15) is 12.1 Å². The van der Waals surface area contributed by atoms with Gasteiger partial charge >= 0.3 is 5.76 Å². The molecule has 9 nitrogen and oxygen atoms in total. The number of carbonyl (C=O) groups excluding carboxylic acids is 1. The van der Waals surface area contributed by atoms with E-state index in [4.69, 9.17) is 9.15 Å². The highest BCUT2D eigenvalue weighted by atomic mass is 16.5. The molecule has 2 N–H and O–H groups in total. The van der Waals surface area contributed by atoms with Crippen LogP contribution in [0.4, 0.5) is 0 Å². The van der Waals surface area contributed by atoms with E-state index in [1.165, 1.54) is 4.57 Å². The summed E-state index contributed by atoms with van der Waals surface area (Å²) < 4.78 is 12.2. The number of fused-ring (bicyclic) bond motifs is 1. The Labute approximate surface area is 178 Å². The summed E-state index contributed by atoms with van der Waals surface area (Å²) in [5.74, 6) is -0.702. The molecule has 0 radical (unpaired) electrons. The van der Waals surface area contributed by atoms with Crippen molar-refractivity contribution in [2.24, 2.45) is 7.05 Å². The molecule has 4 rings (SSSR count). The van der Waals surface area contributed by atoms with Crippen molar-refractivity contribution in [3.63, 3.8) is 0 Å². The lowest BCUT2D eigenvalue weighted by atomic mass is 10.1. The Bertz CT molecular complexity index is 1170. The van der Waals surface area contributed by atoms with Crippen LogP contribution >= 0.6 is 0 Å². The number of aryl methyl sites for hydroxylation is 1. The summed E-state index contributed by atoms with van der Waals surface area (Å²) in [6.45, 7) is 1.76. The second kappa shape index (κ2) is 9.12. The summed E-state index contributed by atoms with van der Waals surface area (Å²) in [4.78, 5) is 28.5. The zero-order chi connectivity index (χ0) is 21.8. The first-order valence-corrected chi connectivity index (χ1v) is 10.1. The number of benzene rings is 1. The Hall–Kier alpha value is -3.48. The van der Waals surface area contributed by atoms with E-state index in [-0.39, 0.29) is 12.3 Å². The highest BCUT2D eigenvalue weighted by molar-refractivity contribution is 5.82. The average molecular weight is 421 g/mol. The third-order valence-corrected chi connectivity index (χ3v) is 5.27. The van der Waals surface area contributed by atoms with Crippen LogP contribution in [-0.2, 0) is 23.0 Å². The third kappa shape index (κ3) is 4.66. The predicted octanol–water partition coefficient (Wildman–Crippen LogP) is 1.12. The molecule has 9 heteroatoms. The Morgan fingerprint density at radius 3 is 3.00 bits per heavy atom. The van der Waals surface area contributed by atoms with Gasteiger partial charge in [0, 0.05) is 44.1 Å². The number of amides is 1. The maximum Gasteiger partial charge on any atom is 0.419 e. The second-order valence-electron chi connectivity index (χ2n) is 7.46. The highest BCUT2D eigenvalue weighted by Crippen LogP contribution is 2.23. The Kier molecular flexibility index (Phi) is 6.11. The zero-order valence-corrected chi connectivity index (χ0v) is 17.1. The van der Waals surface area contributed by atoms with Crippen LogP contribution in [0.15, 0.2) is 45.7 Å². The number of nitriles is 1. The lowest BCUT2D eigenvalue weighted by Crippen LogP contribution is -2.46. The first-order chi connectivity index (χ1) is 15.0. The van der Waals surface area contributed by atoms with Crippen LogP contribution in [0.3, 0.4) is 0 Å². The molecular formula is C22H23N5O4. The summed E-state index contributed by atoms with van der Waals surface area (Å²) in [7, 11) is 1.66. The maximum absolute atomic E-state index is 12.4. The SMILES string of the molecule is Cn1c(=O)oc2ccc(-c3ccc(C[C@@H](C#N)NC(=O)C4CNCCCO4)nc3)cc21. The van der Waals surface area contributed by atoms with E-state index in [2.05, 4.69) is 21.7 Å². The predicted molar refractivity (Wildman–Crippen MR) is 113 cm³/mol. The van der Waals surface area contributed by atoms with Gasteiger partial charge in [-0.15, -0.1) is 0 Å². The molecule has 3 heterocycles. The van der Waals surface area contributed by atoms with Gasteiger partial charge in [-0.1, -0.05) is 12.1 Å². The van der Waals surface area contributed by atoms with E-state index in [0.717, 1.165) is 24.1 Å². The monoisotopic (exact) mass is 421 g/mol. The van der Waals surface area contributed by atoms with Crippen LogP contribution in [0.25, 0.3) is 22.2 Å². The van der Waals surface area contributed by atoms with Crippen molar-refractivity contribution in [2.75, 3.05) is 19.7 Å². The van der Waals surface area contributed by atoms with Crippen LogP contribution in [0.1, 0.15) is 12.1 Å². The third-order valence-electron chi connectivity index (χ3n) is 5.27. The van der Waals surface area contributed by atoms with E-state index in [0.29, 0.717) is 29.9 Å². The molecule has 1 saturated heterocycles. The first-order valence-electron chi connectivity index (χ1n) is 10.1. The number of aromatic nitrogens is 2. The number of nitrogens with one attached hydrogen (secondary N) is 2. The fraction of sp³-hybridized carbons (Fsp3) is 0.364. The van der Waals surface area contributed by atoms with Gasteiger partial charge in [0.2, 0.25) is 0 Å². The second-order valence-corrected chi connectivity index (χ2v) is 7.46. The summed E-state index contributed by atoms with van der Waals surface area (Å²) in [6, 6.07) is 10.6. The Balaban J connectivity index is 1.43. The van der Waals surface area contributed by atoms with Crippen molar-refractivity contribution < 1.29 is 13.9 Å². The van der Waals surface area contributed by atoms with Gasteiger partial charge in [-0.25, -0.2) is 4.79 Å². The largest absolute Gasteiger partial charge is 0.419 e. The molecule has 31 heavy (non-hydrogen) atoms. The van der Waals surface area contributed by atoms with Gasteiger partial charge < -0.3 is 19.8 Å². The number of pyridine rings is 1. The van der Waals surface area contributed by atoms with Crippen LogP contribution in [0, 0.1) is 11.3 Å². The molecule has 1 aliphatic heterocycles. The van der Waals surface area contributed by atoms with Crippen LogP contribution in [-0.4, -0.2) is 47.3 Å². The lowest BCUT2D eigenvalue weighted by Gasteiger charge is -2.17. The van der Waals surface area contributed by atoms with Crippen LogP contribution in [0.2, 0.25) is 0 Å². The molecule has 1 amide bonds. The van der Waals surface area contributed by atoms with Gasteiger partial charge in [0.25, 0.3) is 5.91 Å². The topological polar surface area (TPSA) is 122 Å². The summed E-state index contributed by atoms with van der Waals surface area (Å²) >= 11 is 0. The normalized spacial score (nSPS) is 17.6. The van der Waals surface area contributed by atoms with Gasteiger partial charge in [-0.2, -0.15) is 5.26 Å². The number of nitrogens with zero attached hydrogens (tertiary/aromatic N) is 3. The number of carbonyl (C=O) groups is 1. The zero-order valence-electron chi connectivity index (χ0n) is 17.1.